The molecule has 0 aromatic rings. The molecule has 0 aromatic carbocycles. The highest BCUT2D eigenvalue weighted by Gasteiger charge is 2.23. The van der Waals surface area contributed by atoms with Gasteiger partial charge in [-0.2, -0.15) is 0 Å². The third kappa shape index (κ3) is 6.43. The molecule has 0 bridgehead atoms. The summed E-state index contributed by atoms with van der Waals surface area (Å²) in [4.78, 5) is 4.24. The summed E-state index contributed by atoms with van der Waals surface area (Å²) in [5.74, 6) is 0. The van der Waals surface area contributed by atoms with Crippen LogP contribution in [0.2, 0.25) is 0 Å². The van der Waals surface area contributed by atoms with Crippen LogP contribution >= 0.6 is 0 Å². The van der Waals surface area contributed by atoms with E-state index in [2.05, 4.69) is 24.2 Å². The quantitative estimate of drug-likeness (QED) is 0.450. The first-order valence-electron chi connectivity index (χ1n) is 6.27. The van der Waals surface area contributed by atoms with E-state index in [9.17, 15) is 5.11 Å². The highest BCUT2D eigenvalue weighted by atomic mass is 16.3. The van der Waals surface area contributed by atoms with E-state index >= 15 is 0 Å². The summed E-state index contributed by atoms with van der Waals surface area (Å²) in [6, 6.07) is 0. The first-order chi connectivity index (χ1) is 7.44. The topological polar surface area (TPSA) is 38.7 Å². The predicted molar refractivity (Wildman–Crippen MR) is 69.6 cm³/mol. The molecule has 0 aliphatic carbocycles. The van der Waals surface area contributed by atoms with Gasteiger partial charge in [0.1, 0.15) is 5.72 Å². The molecule has 0 aliphatic rings. The number of nitrogens with one attached hydrogen (secondary N) is 1. The van der Waals surface area contributed by atoms with Crippen LogP contribution in [0.4, 0.5) is 0 Å². The maximum Gasteiger partial charge on any atom is 0.127 e. The highest BCUT2D eigenvalue weighted by molar-refractivity contribution is 4.73. The molecule has 4 nitrogen and oxygen atoms in total. The average molecular weight is 231 g/mol. The van der Waals surface area contributed by atoms with Crippen LogP contribution in [-0.4, -0.2) is 67.5 Å². The average Bonchev–Trinajstić information content (AvgIpc) is 2.23. The number of rotatable bonds is 9. The summed E-state index contributed by atoms with van der Waals surface area (Å²) < 4.78 is 0. The monoisotopic (exact) mass is 231 g/mol. The van der Waals surface area contributed by atoms with E-state index in [4.69, 9.17) is 0 Å². The molecule has 0 saturated heterocycles. The fourth-order valence-corrected chi connectivity index (χ4v) is 1.56. The Balaban J connectivity index is 3.65. The second-order valence-corrected chi connectivity index (χ2v) is 4.71. The van der Waals surface area contributed by atoms with Crippen LogP contribution < -0.4 is 5.32 Å². The van der Waals surface area contributed by atoms with Crippen LogP contribution in [0.5, 0.6) is 0 Å². The minimum Gasteiger partial charge on any atom is -0.375 e. The Morgan fingerprint density at radius 3 is 2.31 bits per heavy atom. The highest BCUT2D eigenvalue weighted by Crippen LogP contribution is 2.06. The van der Waals surface area contributed by atoms with Crippen LogP contribution in [0.15, 0.2) is 0 Å². The SMILES string of the molecule is CCCN(C)CCNCC(C)(O)N(C)CC. The molecule has 2 N–H and O–H groups in total. The van der Waals surface area contributed by atoms with Crippen molar-refractivity contribution in [3.63, 3.8) is 0 Å². The molecule has 0 spiro atoms. The van der Waals surface area contributed by atoms with Crippen molar-refractivity contribution < 1.29 is 5.11 Å². The second-order valence-electron chi connectivity index (χ2n) is 4.71. The van der Waals surface area contributed by atoms with E-state index in [1.54, 1.807) is 0 Å². The zero-order valence-corrected chi connectivity index (χ0v) is 11.6. The molecule has 1 unspecified atom stereocenters. The van der Waals surface area contributed by atoms with Crippen molar-refractivity contribution in [1.82, 2.24) is 15.1 Å². The molecule has 98 valence electrons. The van der Waals surface area contributed by atoms with Crippen LogP contribution in [0.25, 0.3) is 0 Å². The molecule has 0 rings (SSSR count). The molecule has 1 atom stereocenters. The van der Waals surface area contributed by atoms with Crippen molar-refractivity contribution in [2.24, 2.45) is 0 Å². The van der Waals surface area contributed by atoms with Crippen molar-refractivity contribution in [2.45, 2.75) is 32.9 Å². The fraction of sp³-hybridized carbons (Fsp3) is 1.00. The van der Waals surface area contributed by atoms with Gasteiger partial charge in [0.05, 0.1) is 0 Å². The third-order valence-electron chi connectivity index (χ3n) is 3.03. The van der Waals surface area contributed by atoms with Crippen LogP contribution in [0.3, 0.4) is 0 Å². The molecule has 0 saturated carbocycles. The van der Waals surface area contributed by atoms with E-state index in [1.807, 2.05) is 25.8 Å². The molecule has 0 aromatic heterocycles. The minimum absolute atomic E-state index is 0.608. The predicted octanol–water partition coefficient (Wildman–Crippen LogP) is 0.578. The Kier molecular flexibility index (Phi) is 7.93. The van der Waals surface area contributed by atoms with Crippen LogP contribution in [0, 0.1) is 0 Å². The molecule has 0 heterocycles. The van der Waals surface area contributed by atoms with Crippen LogP contribution in [0.1, 0.15) is 27.2 Å². The van der Waals surface area contributed by atoms with Gasteiger partial charge in [0.15, 0.2) is 0 Å². The van der Waals surface area contributed by atoms with Gasteiger partial charge in [-0.05, 0) is 40.5 Å². The summed E-state index contributed by atoms with van der Waals surface area (Å²) in [5, 5.41) is 13.4. The Morgan fingerprint density at radius 2 is 1.81 bits per heavy atom. The van der Waals surface area contributed by atoms with E-state index < -0.39 is 5.72 Å². The summed E-state index contributed by atoms with van der Waals surface area (Å²) in [6.45, 7) is 10.6. The van der Waals surface area contributed by atoms with Crippen molar-refractivity contribution in [3.8, 4) is 0 Å². The van der Waals surface area contributed by atoms with Gasteiger partial charge in [-0.15, -0.1) is 0 Å². The first kappa shape index (κ1) is 15.8. The number of hydrogen-bond donors (Lipinski definition) is 2. The lowest BCUT2D eigenvalue weighted by molar-refractivity contribution is -0.0745. The minimum atomic E-state index is -0.752. The molecule has 0 radical (unpaired) electrons. The zero-order chi connectivity index (χ0) is 12.6. The Bertz CT molecular complexity index is 174. The first-order valence-corrected chi connectivity index (χ1v) is 6.27. The summed E-state index contributed by atoms with van der Waals surface area (Å²) in [6.07, 6.45) is 1.19. The normalized spacial score (nSPS) is 15.8. The van der Waals surface area contributed by atoms with E-state index in [-0.39, 0.29) is 0 Å². The lowest BCUT2D eigenvalue weighted by atomic mass is 10.2. The van der Waals surface area contributed by atoms with Crippen molar-refractivity contribution in [1.29, 1.82) is 0 Å². The Hall–Kier alpha value is -0.160. The van der Waals surface area contributed by atoms with Gasteiger partial charge in [-0.1, -0.05) is 13.8 Å². The number of aliphatic hydroxyl groups is 1. The molecule has 0 amide bonds. The van der Waals surface area contributed by atoms with Gasteiger partial charge in [-0.3, -0.25) is 4.90 Å². The standard InChI is InChI=1S/C12H29N3O/c1-6-9-14(4)10-8-13-11-12(3,16)15(5)7-2/h13,16H,6-11H2,1-5H3. The molecule has 4 heteroatoms. The van der Waals surface area contributed by atoms with Gasteiger partial charge in [0.25, 0.3) is 0 Å². The summed E-state index contributed by atoms with van der Waals surface area (Å²) in [7, 11) is 4.06. The smallest absolute Gasteiger partial charge is 0.127 e. The van der Waals surface area contributed by atoms with E-state index in [0.29, 0.717) is 6.54 Å². The third-order valence-corrected chi connectivity index (χ3v) is 3.03. The fourth-order valence-electron chi connectivity index (χ4n) is 1.56. The Morgan fingerprint density at radius 1 is 1.19 bits per heavy atom. The maximum atomic E-state index is 10.1. The van der Waals surface area contributed by atoms with E-state index in [1.165, 1.54) is 6.42 Å². The van der Waals surface area contributed by atoms with Gasteiger partial charge in [0, 0.05) is 19.6 Å². The largest absolute Gasteiger partial charge is 0.375 e. The number of hydrogen-bond acceptors (Lipinski definition) is 4. The molecule has 0 aliphatic heterocycles. The van der Waals surface area contributed by atoms with E-state index in [0.717, 1.165) is 26.2 Å². The van der Waals surface area contributed by atoms with Crippen molar-refractivity contribution >= 4 is 0 Å². The number of nitrogens with zero attached hydrogens (tertiary/aromatic N) is 2. The van der Waals surface area contributed by atoms with Gasteiger partial charge in [-0.25, -0.2) is 0 Å². The van der Waals surface area contributed by atoms with Crippen molar-refractivity contribution in [3.05, 3.63) is 0 Å². The molecule has 0 fully saturated rings. The molecular formula is C12H29N3O. The summed E-state index contributed by atoms with van der Waals surface area (Å²) in [5.41, 5.74) is -0.752. The second kappa shape index (κ2) is 8.01. The van der Waals surface area contributed by atoms with Gasteiger partial charge < -0.3 is 15.3 Å². The van der Waals surface area contributed by atoms with Gasteiger partial charge >= 0.3 is 0 Å². The molecular weight excluding hydrogens is 202 g/mol. The zero-order valence-electron chi connectivity index (χ0n) is 11.6. The lowest BCUT2D eigenvalue weighted by Gasteiger charge is -2.33. The summed E-state index contributed by atoms with van der Waals surface area (Å²) >= 11 is 0. The number of likely N-dealkylation sites (N-methyl/N-ethyl adjacent to an activating group) is 2. The Labute approximate surface area is 101 Å². The lowest BCUT2D eigenvalue weighted by Crippen LogP contribution is -2.51. The van der Waals surface area contributed by atoms with Crippen LogP contribution in [-0.2, 0) is 0 Å². The molecule has 16 heavy (non-hydrogen) atoms. The van der Waals surface area contributed by atoms with Crippen molar-refractivity contribution in [2.75, 3.05) is 46.8 Å². The maximum absolute atomic E-state index is 10.1. The van der Waals surface area contributed by atoms with Gasteiger partial charge in [0.2, 0.25) is 0 Å².